The summed E-state index contributed by atoms with van der Waals surface area (Å²) >= 11 is 0. The van der Waals surface area contributed by atoms with Crippen molar-refractivity contribution in [1.82, 2.24) is 20.1 Å². The number of hydrogen-bond donors (Lipinski definition) is 1. The smallest absolute Gasteiger partial charge is 0.417 e. The number of fused-ring (bicyclic) bond motifs is 1. The molecule has 1 aromatic carbocycles. The van der Waals surface area contributed by atoms with Gasteiger partial charge in [-0.15, -0.1) is 0 Å². The number of hydrogen-bond acceptors (Lipinski definition) is 4. The fourth-order valence-corrected chi connectivity index (χ4v) is 2.97. The van der Waals surface area contributed by atoms with E-state index >= 15 is 0 Å². The lowest BCUT2D eigenvalue weighted by Crippen LogP contribution is -2.31. The number of pyridine rings is 1. The van der Waals surface area contributed by atoms with Crippen LogP contribution in [0.25, 0.3) is 11.0 Å². The van der Waals surface area contributed by atoms with E-state index in [1.54, 1.807) is 6.92 Å². The van der Waals surface area contributed by atoms with Crippen LogP contribution in [0.5, 0.6) is 5.88 Å². The molecule has 0 radical (unpaired) electrons. The molecule has 1 atom stereocenters. The number of carbonyl (C=O) groups excluding carboxylic acids is 1. The maximum Gasteiger partial charge on any atom is 0.417 e. The Morgan fingerprint density at radius 1 is 1.29 bits per heavy atom. The molecular weight excluding hydrogens is 373 g/mol. The molecular formula is C19H19F3N4O2. The third-order valence-electron chi connectivity index (χ3n) is 4.28. The molecule has 3 rings (SSSR count). The first-order valence-electron chi connectivity index (χ1n) is 8.55. The third kappa shape index (κ3) is 4.08. The Hall–Kier alpha value is -3.10. The molecule has 6 nitrogen and oxygen atoms in total. The van der Waals surface area contributed by atoms with Crippen LogP contribution in [0.4, 0.5) is 13.2 Å². The minimum atomic E-state index is -4.60. The molecule has 0 spiro atoms. The van der Waals surface area contributed by atoms with Gasteiger partial charge in [-0.1, -0.05) is 30.3 Å². The van der Waals surface area contributed by atoms with Crippen LogP contribution in [0.3, 0.4) is 0 Å². The number of carbonyl (C=O) groups is 1. The molecule has 148 valence electrons. The van der Waals surface area contributed by atoms with Crippen LogP contribution in [0.2, 0.25) is 0 Å². The minimum absolute atomic E-state index is 0.0420. The summed E-state index contributed by atoms with van der Waals surface area (Å²) in [5.41, 5.74) is 0.273. The summed E-state index contributed by atoms with van der Waals surface area (Å²) in [6, 6.07) is 9.82. The van der Waals surface area contributed by atoms with E-state index in [9.17, 15) is 18.0 Å². The molecule has 0 saturated heterocycles. The molecule has 0 aliphatic carbocycles. The van der Waals surface area contributed by atoms with Crippen LogP contribution in [0.1, 0.15) is 29.8 Å². The number of amides is 1. The minimum Gasteiger partial charge on any atom is -0.467 e. The summed E-state index contributed by atoms with van der Waals surface area (Å²) in [5, 5.41) is 6.65. The maximum atomic E-state index is 13.4. The van der Waals surface area contributed by atoms with Crippen LogP contribution in [0.15, 0.2) is 36.4 Å². The zero-order valence-electron chi connectivity index (χ0n) is 15.5. The van der Waals surface area contributed by atoms with E-state index < -0.39 is 24.3 Å². The average Bonchev–Trinajstić information content (AvgIpc) is 2.93. The van der Waals surface area contributed by atoms with Gasteiger partial charge in [0, 0.05) is 13.1 Å². The molecule has 0 aliphatic heterocycles. The van der Waals surface area contributed by atoms with Gasteiger partial charge in [0.15, 0.2) is 12.3 Å². The van der Waals surface area contributed by atoms with Crippen molar-refractivity contribution in [2.24, 2.45) is 7.05 Å². The highest BCUT2D eigenvalue weighted by atomic mass is 19.4. The largest absolute Gasteiger partial charge is 0.467 e. The summed E-state index contributed by atoms with van der Waals surface area (Å²) in [4.78, 5) is 16.2. The molecule has 28 heavy (non-hydrogen) atoms. The van der Waals surface area contributed by atoms with Crippen LogP contribution in [-0.4, -0.2) is 27.3 Å². The summed E-state index contributed by atoms with van der Waals surface area (Å²) in [6.07, 6.45) is -4.60. The van der Waals surface area contributed by atoms with Crippen LogP contribution >= 0.6 is 0 Å². The second kappa shape index (κ2) is 7.49. The van der Waals surface area contributed by atoms with E-state index in [1.807, 2.05) is 30.3 Å². The zero-order chi connectivity index (χ0) is 20.5. The Kier molecular flexibility index (Phi) is 5.26. The Labute approximate surface area is 159 Å². The number of halogens is 3. The molecule has 9 heteroatoms. The lowest BCUT2D eigenvalue weighted by Gasteiger charge is -2.15. The molecule has 2 aromatic heterocycles. The highest BCUT2D eigenvalue weighted by Gasteiger charge is 2.35. The van der Waals surface area contributed by atoms with Gasteiger partial charge < -0.3 is 10.1 Å². The number of aryl methyl sites for hydroxylation is 2. The van der Waals surface area contributed by atoms with Gasteiger partial charge in [-0.2, -0.15) is 23.3 Å². The van der Waals surface area contributed by atoms with Crippen molar-refractivity contribution < 1.29 is 22.7 Å². The van der Waals surface area contributed by atoms with Crippen molar-refractivity contribution in [1.29, 1.82) is 0 Å². The summed E-state index contributed by atoms with van der Waals surface area (Å²) in [6.45, 7) is 2.83. The van der Waals surface area contributed by atoms with E-state index in [1.165, 1.54) is 18.7 Å². The van der Waals surface area contributed by atoms with Crippen LogP contribution in [-0.2, 0) is 18.0 Å². The quantitative estimate of drug-likeness (QED) is 0.721. The Balaban J connectivity index is 1.77. The van der Waals surface area contributed by atoms with Gasteiger partial charge in [0.25, 0.3) is 5.91 Å². The lowest BCUT2D eigenvalue weighted by atomic mass is 10.1. The van der Waals surface area contributed by atoms with Crippen LogP contribution < -0.4 is 10.1 Å². The lowest BCUT2D eigenvalue weighted by molar-refractivity contribution is -0.136. The fraction of sp³-hybridized carbons (Fsp3) is 0.316. The molecule has 1 amide bonds. The van der Waals surface area contributed by atoms with Crippen molar-refractivity contribution in [2.45, 2.75) is 26.1 Å². The first kappa shape index (κ1) is 19.7. The highest BCUT2D eigenvalue weighted by molar-refractivity contribution is 5.83. The number of nitrogens with zero attached hydrogens (tertiary/aromatic N) is 3. The van der Waals surface area contributed by atoms with E-state index in [2.05, 4.69) is 15.4 Å². The Morgan fingerprint density at radius 3 is 2.61 bits per heavy atom. The third-order valence-corrected chi connectivity index (χ3v) is 4.28. The fourth-order valence-electron chi connectivity index (χ4n) is 2.97. The number of ether oxygens (including phenoxy) is 1. The Morgan fingerprint density at radius 2 is 1.96 bits per heavy atom. The van der Waals surface area contributed by atoms with Crippen LogP contribution in [0, 0.1) is 6.92 Å². The standard InChI is InChI=1S/C19H19F3N4O2/c1-11(13-7-5-4-6-8-13)23-15(27)10-28-16-9-14(19(20,21)22)17-12(2)25-26(3)18(17)24-16/h4-9,11H,10H2,1-3H3,(H,23,27)/t11-/m1/s1. The SMILES string of the molecule is Cc1nn(C)c2nc(OCC(=O)N[C@H](C)c3ccccc3)cc(C(F)(F)F)c12. The van der Waals surface area contributed by atoms with Crippen molar-refractivity contribution >= 4 is 16.9 Å². The number of nitrogens with one attached hydrogen (secondary N) is 1. The van der Waals surface area contributed by atoms with E-state index in [-0.39, 0.29) is 28.6 Å². The van der Waals surface area contributed by atoms with Gasteiger partial charge in [-0.25, -0.2) is 0 Å². The summed E-state index contributed by atoms with van der Waals surface area (Å²) in [7, 11) is 1.50. The van der Waals surface area contributed by atoms with Gasteiger partial charge in [0.05, 0.1) is 22.7 Å². The van der Waals surface area contributed by atoms with E-state index in [0.717, 1.165) is 11.6 Å². The van der Waals surface area contributed by atoms with Gasteiger partial charge in [-0.05, 0) is 19.4 Å². The number of benzene rings is 1. The summed E-state index contributed by atoms with van der Waals surface area (Å²) < 4.78 is 46.8. The van der Waals surface area contributed by atoms with Crippen molar-refractivity contribution in [2.75, 3.05) is 6.61 Å². The molecule has 0 fully saturated rings. The number of rotatable bonds is 5. The molecule has 0 unspecified atom stereocenters. The van der Waals surface area contributed by atoms with Gasteiger partial charge in [0.1, 0.15) is 0 Å². The maximum absolute atomic E-state index is 13.4. The van der Waals surface area contributed by atoms with Gasteiger partial charge >= 0.3 is 6.18 Å². The van der Waals surface area contributed by atoms with E-state index in [4.69, 9.17) is 4.74 Å². The highest BCUT2D eigenvalue weighted by Crippen LogP contribution is 2.37. The molecule has 2 heterocycles. The topological polar surface area (TPSA) is 69.0 Å². The number of aromatic nitrogens is 3. The van der Waals surface area contributed by atoms with Crippen molar-refractivity contribution in [3.05, 3.63) is 53.2 Å². The van der Waals surface area contributed by atoms with Gasteiger partial charge in [-0.3, -0.25) is 9.48 Å². The predicted molar refractivity (Wildman–Crippen MR) is 96.7 cm³/mol. The predicted octanol–water partition coefficient (Wildman–Crippen LogP) is 3.55. The van der Waals surface area contributed by atoms with E-state index in [0.29, 0.717) is 0 Å². The molecule has 0 bridgehead atoms. The second-order valence-electron chi connectivity index (χ2n) is 6.40. The first-order valence-corrected chi connectivity index (χ1v) is 8.55. The first-order chi connectivity index (χ1) is 13.2. The number of alkyl halides is 3. The summed E-state index contributed by atoms with van der Waals surface area (Å²) in [5.74, 6) is -0.752. The van der Waals surface area contributed by atoms with Crippen molar-refractivity contribution in [3.63, 3.8) is 0 Å². The Bertz CT molecular complexity index is 1000. The normalized spacial score (nSPS) is 12.8. The molecule has 0 saturated carbocycles. The molecule has 0 aliphatic rings. The molecule has 3 aromatic rings. The monoisotopic (exact) mass is 392 g/mol. The molecule has 1 N–H and O–H groups in total. The van der Waals surface area contributed by atoms with Gasteiger partial charge in [0.2, 0.25) is 5.88 Å². The second-order valence-corrected chi connectivity index (χ2v) is 6.40. The average molecular weight is 392 g/mol. The van der Waals surface area contributed by atoms with Crippen molar-refractivity contribution in [3.8, 4) is 5.88 Å². The zero-order valence-corrected chi connectivity index (χ0v) is 15.5.